The zero-order chi connectivity index (χ0) is 12.8. The summed E-state index contributed by atoms with van der Waals surface area (Å²) in [5, 5.41) is 9.89. The van der Waals surface area contributed by atoms with E-state index in [1.54, 1.807) is 0 Å². The molecule has 0 unspecified atom stereocenters. The molecule has 0 bridgehead atoms. The predicted molar refractivity (Wildman–Crippen MR) is 76.7 cm³/mol. The average molecular weight is 253 g/mol. The van der Waals surface area contributed by atoms with E-state index in [-0.39, 0.29) is 5.41 Å². The van der Waals surface area contributed by atoms with Crippen LogP contribution in [-0.4, -0.2) is 36.2 Å². The van der Waals surface area contributed by atoms with E-state index < -0.39 is 0 Å². The van der Waals surface area contributed by atoms with Gasteiger partial charge in [-0.05, 0) is 38.1 Å². The van der Waals surface area contributed by atoms with Crippen LogP contribution in [0.2, 0.25) is 0 Å². The molecular formula is C16H31NO. The maximum Gasteiger partial charge on any atom is 0.0499 e. The topological polar surface area (TPSA) is 23.5 Å². The Morgan fingerprint density at radius 1 is 1.06 bits per heavy atom. The largest absolute Gasteiger partial charge is 0.396 e. The van der Waals surface area contributed by atoms with Gasteiger partial charge in [-0.1, -0.05) is 39.0 Å². The summed E-state index contributed by atoms with van der Waals surface area (Å²) < 4.78 is 0. The molecule has 2 rings (SSSR count). The summed E-state index contributed by atoms with van der Waals surface area (Å²) in [6.07, 6.45) is 12.2. The fourth-order valence-corrected chi connectivity index (χ4v) is 3.67. The second-order valence-electron chi connectivity index (χ2n) is 6.70. The molecule has 0 heterocycles. The molecule has 2 saturated carbocycles. The van der Waals surface area contributed by atoms with Gasteiger partial charge in [0.2, 0.25) is 0 Å². The molecule has 1 N–H and O–H groups in total. The summed E-state index contributed by atoms with van der Waals surface area (Å²) in [7, 11) is 0. The molecule has 0 saturated heterocycles. The molecule has 2 aliphatic carbocycles. The molecule has 18 heavy (non-hydrogen) atoms. The molecule has 0 radical (unpaired) electrons. The lowest BCUT2D eigenvalue weighted by atomic mass is 9.79. The van der Waals surface area contributed by atoms with Gasteiger partial charge in [-0.3, -0.25) is 0 Å². The average Bonchev–Trinajstić information content (AvgIpc) is 2.58. The molecule has 0 aromatic carbocycles. The number of hydrogen-bond acceptors (Lipinski definition) is 2. The molecule has 2 nitrogen and oxygen atoms in total. The van der Waals surface area contributed by atoms with Crippen molar-refractivity contribution in [1.82, 2.24) is 4.90 Å². The van der Waals surface area contributed by atoms with E-state index in [0.29, 0.717) is 6.61 Å². The highest BCUT2D eigenvalue weighted by Gasteiger charge is 2.33. The third-order valence-electron chi connectivity index (χ3n) is 5.25. The number of rotatable bonds is 6. The summed E-state index contributed by atoms with van der Waals surface area (Å²) in [6.45, 7) is 6.24. The Hall–Kier alpha value is -0.0800. The molecule has 2 heteroatoms. The van der Waals surface area contributed by atoms with Gasteiger partial charge in [0.05, 0.1) is 0 Å². The highest BCUT2D eigenvalue weighted by atomic mass is 16.3. The monoisotopic (exact) mass is 253 g/mol. The zero-order valence-corrected chi connectivity index (χ0v) is 12.2. The fourth-order valence-electron chi connectivity index (χ4n) is 3.67. The minimum atomic E-state index is 0.219. The summed E-state index contributed by atoms with van der Waals surface area (Å²) in [5.41, 5.74) is 0.219. The van der Waals surface area contributed by atoms with Crippen LogP contribution in [-0.2, 0) is 0 Å². The molecule has 0 aromatic heterocycles. The summed E-state index contributed by atoms with van der Waals surface area (Å²) in [4.78, 5) is 2.62. The third-order valence-corrected chi connectivity index (χ3v) is 5.25. The van der Waals surface area contributed by atoms with Gasteiger partial charge in [0.25, 0.3) is 0 Å². The molecular weight excluding hydrogens is 222 g/mol. The number of nitrogens with zero attached hydrogens (tertiary/aromatic N) is 1. The van der Waals surface area contributed by atoms with Gasteiger partial charge in [-0.15, -0.1) is 0 Å². The Bertz CT molecular complexity index is 229. The van der Waals surface area contributed by atoms with Gasteiger partial charge < -0.3 is 10.0 Å². The van der Waals surface area contributed by atoms with Crippen molar-refractivity contribution in [1.29, 1.82) is 0 Å². The van der Waals surface area contributed by atoms with Crippen molar-refractivity contribution in [2.75, 3.05) is 26.2 Å². The number of aliphatic hydroxyl groups is 1. The third kappa shape index (κ3) is 3.71. The molecule has 0 aliphatic heterocycles. The Morgan fingerprint density at radius 2 is 1.72 bits per heavy atom. The molecule has 106 valence electrons. The van der Waals surface area contributed by atoms with E-state index in [1.165, 1.54) is 64.3 Å². The smallest absolute Gasteiger partial charge is 0.0499 e. The summed E-state index contributed by atoms with van der Waals surface area (Å²) in [5.74, 6) is 0.950. The van der Waals surface area contributed by atoms with Crippen LogP contribution in [0.5, 0.6) is 0 Å². The first-order valence-electron chi connectivity index (χ1n) is 8.11. The van der Waals surface area contributed by atoms with Crippen LogP contribution in [0.1, 0.15) is 64.7 Å². The van der Waals surface area contributed by atoms with E-state index >= 15 is 0 Å². The second kappa shape index (κ2) is 6.91. The predicted octanol–water partition coefficient (Wildman–Crippen LogP) is 3.44. The van der Waals surface area contributed by atoms with E-state index in [9.17, 15) is 5.11 Å². The maximum atomic E-state index is 9.89. The molecule has 0 aromatic rings. The number of aliphatic hydroxyl groups excluding tert-OH is 1. The van der Waals surface area contributed by atoms with Gasteiger partial charge in [0.15, 0.2) is 0 Å². The van der Waals surface area contributed by atoms with E-state index in [4.69, 9.17) is 0 Å². The zero-order valence-electron chi connectivity index (χ0n) is 12.2. The Morgan fingerprint density at radius 3 is 2.17 bits per heavy atom. The van der Waals surface area contributed by atoms with Crippen molar-refractivity contribution in [3.8, 4) is 0 Å². The van der Waals surface area contributed by atoms with Gasteiger partial charge in [0, 0.05) is 25.1 Å². The Kier molecular flexibility index (Phi) is 5.50. The van der Waals surface area contributed by atoms with Crippen LogP contribution in [0, 0.1) is 11.3 Å². The normalized spacial score (nSPS) is 24.8. The van der Waals surface area contributed by atoms with Crippen molar-refractivity contribution in [3.05, 3.63) is 0 Å². The van der Waals surface area contributed by atoms with Crippen molar-refractivity contribution in [2.24, 2.45) is 11.3 Å². The van der Waals surface area contributed by atoms with Crippen LogP contribution in [0.15, 0.2) is 0 Å². The lowest BCUT2D eigenvalue weighted by molar-refractivity contribution is 0.0488. The van der Waals surface area contributed by atoms with Crippen molar-refractivity contribution >= 4 is 0 Å². The SMILES string of the molecule is CCN(CC1CCC1)CC1(CO)CCCCCC1. The molecule has 0 amide bonds. The first-order valence-corrected chi connectivity index (χ1v) is 8.11. The van der Waals surface area contributed by atoms with Gasteiger partial charge in [-0.25, -0.2) is 0 Å². The minimum Gasteiger partial charge on any atom is -0.396 e. The Labute approximate surface area is 113 Å². The van der Waals surface area contributed by atoms with Crippen molar-refractivity contribution in [2.45, 2.75) is 64.7 Å². The number of hydrogen-bond donors (Lipinski definition) is 1. The highest BCUT2D eigenvalue weighted by Crippen LogP contribution is 2.36. The van der Waals surface area contributed by atoms with E-state index in [1.807, 2.05) is 0 Å². The van der Waals surface area contributed by atoms with Crippen LogP contribution >= 0.6 is 0 Å². The van der Waals surface area contributed by atoms with E-state index in [2.05, 4.69) is 11.8 Å². The first kappa shape index (κ1) is 14.3. The summed E-state index contributed by atoms with van der Waals surface area (Å²) in [6, 6.07) is 0. The fraction of sp³-hybridized carbons (Fsp3) is 1.00. The molecule has 2 fully saturated rings. The van der Waals surface area contributed by atoms with Crippen LogP contribution in [0.4, 0.5) is 0 Å². The van der Waals surface area contributed by atoms with Gasteiger partial charge >= 0.3 is 0 Å². The van der Waals surface area contributed by atoms with Crippen LogP contribution in [0.25, 0.3) is 0 Å². The lowest BCUT2D eigenvalue weighted by Gasteiger charge is -2.39. The van der Waals surface area contributed by atoms with Gasteiger partial charge in [-0.2, -0.15) is 0 Å². The second-order valence-corrected chi connectivity index (χ2v) is 6.70. The maximum absolute atomic E-state index is 9.89. The van der Waals surface area contributed by atoms with Crippen molar-refractivity contribution < 1.29 is 5.11 Å². The summed E-state index contributed by atoms with van der Waals surface area (Å²) >= 11 is 0. The lowest BCUT2D eigenvalue weighted by Crippen LogP contribution is -2.43. The minimum absolute atomic E-state index is 0.219. The van der Waals surface area contributed by atoms with Crippen LogP contribution < -0.4 is 0 Å². The molecule has 2 aliphatic rings. The van der Waals surface area contributed by atoms with Crippen LogP contribution in [0.3, 0.4) is 0 Å². The van der Waals surface area contributed by atoms with E-state index in [0.717, 1.165) is 19.0 Å². The Balaban J connectivity index is 1.88. The quantitative estimate of drug-likeness (QED) is 0.733. The molecule has 0 atom stereocenters. The molecule has 0 spiro atoms. The van der Waals surface area contributed by atoms with Crippen molar-refractivity contribution in [3.63, 3.8) is 0 Å². The standard InChI is InChI=1S/C16H31NO/c1-2-17(12-15-8-7-9-15)13-16(14-18)10-5-3-4-6-11-16/h15,18H,2-14H2,1H3. The highest BCUT2D eigenvalue weighted by molar-refractivity contribution is 4.85. The van der Waals surface area contributed by atoms with Gasteiger partial charge in [0.1, 0.15) is 0 Å². The first-order chi connectivity index (χ1) is 8.78.